The summed E-state index contributed by atoms with van der Waals surface area (Å²) in [6.45, 7) is 7.22. The fraction of sp³-hybridized carbons (Fsp3) is 1.00. The van der Waals surface area contributed by atoms with Crippen molar-refractivity contribution in [2.75, 3.05) is 44.9 Å². The Hall–Kier alpha value is -0.170. The third-order valence-corrected chi connectivity index (χ3v) is 5.15. The Morgan fingerprint density at radius 1 is 1.50 bits per heavy atom. The monoisotopic (exact) mass is 278 g/mol. The van der Waals surface area contributed by atoms with Gasteiger partial charge in [-0.05, 0) is 19.9 Å². The molecule has 5 nitrogen and oxygen atoms in total. The topological polar surface area (TPSA) is 58.6 Å². The minimum atomic E-state index is -2.84. The number of hydrogen-bond donors (Lipinski definition) is 1. The van der Waals surface area contributed by atoms with Crippen molar-refractivity contribution in [1.29, 1.82) is 0 Å². The van der Waals surface area contributed by atoms with Crippen LogP contribution in [0.15, 0.2) is 0 Å². The van der Waals surface area contributed by atoms with Gasteiger partial charge in [0.1, 0.15) is 0 Å². The van der Waals surface area contributed by atoms with Gasteiger partial charge in [-0.1, -0.05) is 6.92 Å². The van der Waals surface area contributed by atoms with Gasteiger partial charge in [-0.2, -0.15) is 0 Å². The first kappa shape index (κ1) is 15.9. The molecule has 0 amide bonds. The largest absolute Gasteiger partial charge is 0.383 e. The lowest BCUT2D eigenvalue weighted by atomic mass is 10.2. The highest BCUT2D eigenvalue weighted by molar-refractivity contribution is 7.91. The number of hydrogen-bond acceptors (Lipinski definition) is 5. The Kier molecular flexibility index (Phi) is 6.55. The van der Waals surface area contributed by atoms with E-state index in [1.165, 1.54) is 0 Å². The van der Waals surface area contributed by atoms with Crippen LogP contribution in [-0.2, 0) is 14.6 Å². The van der Waals surface area contributed by atoms with Gasteiger partial charge < -0.3 is 10.1 Å². The molecule has 2 unspecified atom stereocenters. The van der Waals surface area contributed by atoms with Gasteiger partial charge in [0.25, 0.3) is 0 Å². The predicted molar refractivity (Wildman–Crippen MR) is 73.6 cm³/mol. The number of methoxy groups -OCH3 is 1. The van der Waals surface area contributed by atoms with E-state index in [2.05, 4.69) is 17.1 Å². The third kappa shape index (κ3) is 4.84. The molecule has 1 rings (SSSR count). The van der Waals surface area contributed by atoms with Crippen LogP contribution in [0.25, 0.3) is 0 Å². The molecule has 1 fully saturated rings. The van der Waals surface area contributed by atoms with Gasteiger partial charge in [-0.25, -0.2) is 8.42 Å². The maximum absolute atomic E-state index is 11.6. The summed E-state index contributed by atoms with van der Waals surface area (Å²) >= 11 is 0. The van der Waals surface area contributed by atoms with Crippen molar-refractivity contribution in [3.63, 3.8) is 0 Å². The van der Waals surface area contributed by atoms with Gasteiger partial charge in [-0.3, -0.25) is 4.90 Å². The maximum Gasteiger partial charge on any atom is 0.153 e. The van der Waals surface area contributed by atoms with Crippen LogP contribution in [0.3, 0.4) is 0 Å². The quantitative estimate of drug-likeness (QED) is 0.670. The van der Waals surface area contributed by atoms with E-state index in [0.29, 0.717) is 13.2 Å². The lowest BCUT2D eigenvalue weighted by Gasteiger charge is -2.39. The highest BCUT2D eigenvalue weighted by atomic mass is 32.2. The molecule has 0 radical (unpaired) electrons. The van der Waals surface area contributed by atoms with Crippen molar-refractivity contribution >= 4 is 9.84 Å². The van der Waals surface area contributed by atoms with Crippen LogP contribution in [-0.4, -0.2) is 70.3 Å². The van der Waals surface area contributed by atoms with E-state index in [4.69, 9.17) is 4.74 Å². The average Bonchev–Trinajstić information content (AvgIpc) is 2.27. The van der Waals surface area contributed by atoms with Crippen LogP contribution in [0.1, 0.15) is 20.3 Å². The first-order valence-corrected chi connectivity index (χ1v) is 8.48. The van der Waals surface area contributed by atoms with Crippen molar-refractivity contribution in [1.82, 2.24) is 10.2 Å². The van der Waals surface area contributed by atoms with E-state index in [1.54, 1.807) is 7.11 Å². The molecule has 0 aromatic heterocycles. The number of nitrogens with one attached hydrogen (secondary N) is 1. The van der Waals surface area contributed by atoms with Gasteiger partial charge in [0.05, 0.1) is 18.1 Å². The summed E-state index contributed by atoms with van der Waals surface area (Å²) in [5.41, 5.74) is 0. The molecule has 0 bridgehead atoms. The van der Waals surface area contributed by atoms with Crippen molar-refractivity contribution in [2.45, 2.75) is 32.4 Å². The summed E-state index contributed by atoms with van der Waals surface area (Å²) in [6, 6.07) is 0.333. The molecule has 108 valence electrons. The highest BCUT2D eigenvalue weighted by Gasteiger charge is 2.32. The third-order valence-electron chi connectivity index (χ3n) is 3.36. The van der Waals surface area contributed by atoms with Crippen LogP contribution in [0.2, 0.25) is 0 Å². The Bertz CT molecular complexity index is 332. The van der Waals surface area contributed by atoms with Crippen LogP contribution in [0.5, 0.6) is 0 Å². The average molecular weight is 278 g/mol. The van der Waals surface area contributed by atoms with Gasteiger partial charge in [0.15, 0.2) is 9.84 Å². The van der Waals surface area contributed by atoms with Crippen molar-refractivity contribution < 1.29 is 13.2 Å². The molecule has 18 heavy (non-hydrogen) atoms. The second kappa shape index (κ2) is 7.43. The maximum atomic E-state index is 11.6. The van der Waals surface area contributed by atoms with E-state index in [0.717, 1.165) is 19.5 Å². The normalized spacial score (nSPS) is 26.1. The highest BCUT2D eigenvalue weighted by Crippen LogP contribution is 2.15. The standard InChI is InChI=1S/C12H26N2O3S/c1-4-5-13-8-12(9-17-3)14-6-7-18(15,16)10-11(14)2/h11-13H,4-10H2,1-3H3. The minimum Gasteiger partial charge on any atom is -0.383 e. The molecule has 2 atom stereocenters. The van der Waals surface area contributed by atoms with E-state index in [1.807, 2.05) is 6.92 Å². The number of ether oxygens (including phenoxy) is 1. The summed E-state index contributed by atoms with van der Waals surface area (Å²) in [5.74, 6) is 0.534. The molecule has 1 aliphatic rings. The number of nitrogens with zero attached hydrogens (tertiary/aromatic N) is 1. The van der Waals surface area contributed by atoms with Crippen LogP contribution < -0.4 is 5.32 Å². The SMILES string of the molecule is CCCNCC(COC)N1CCS(=O)(=O)CC1C. The second-order valence-electron chi connectivity index (χ2n) is 5.01. The first-order chi connectivity index (χ1) is 8.50. The van der Waals surface area contributed by atoms with Crippen LogP contribution in [0.4, 0.5) is 0 Å². The van der Waals surface area contributed by atoms with E-state index < -0.39 is 9.84 Å². The summed E-state index contributed by atoms with van der Waals surface area (Å²) in [6.07, 6.45) is 1.10. The molecule has 1 heterocycles. The zero-order valence-corrected chi connectivity index (χ0v) is 12.5. The van der Waals surface area contributed by atoms with Crippen LogP contribution >= 0.6 is 0 Å². The second-order valence-corrected chi connectivity index (χ2v) is 7.24. The number of rotatable bonds is 7. The smallest absolute Gasteiger partial charge is 0.153 e. The van der Waals surface area contributed by atoms with E-state index in [9.17, 15) is 8.42 Å². The van der Waals surface area contributed by atoms with Gasteiger partial charge in [0, 0.05) is 32.3 Å². The summed E-state index contributed by atoms with van der Waals surface area (Å²) in [4.78, 5) is 2.26. The molecule has 1 saturated heterocycles. The first-order valence-electron chi connectivity index (χ1n) is 6.66. The Morgan fingerprint density at radius 3 is 2.78 bits per heavy atom. The van der Waals surface area contributed by atoms with Gasteiger partial charge >= 0.3 is 0 Å². The Balaban J connectivity index is 2.56. The van der Waals surface area contributed by atoms with Gasteiger partial charge in [-0.15, -0.1) is 0 Å². The van der Waals surface area contributed by atoms with Crippen LogP contribution in [0, 0.1) is 0 Å². The molecule has 0 aliphatic carbocycles. The zero-order valence-electron chi connectivity index (χ0n) is 11.7. The molecule has 0 aromatic carbocycles. The molecule has 0 saturated carbocycles. The van der Waals surface area contributed by atoms with Crippen molar-refractivity contribution in [3.8, 4) is 0 Å². The molecular formula is C12H26N2O3S. The molecular weight excluding hydrogens is 252 g/mol. The zero-order chi connectivity index (χ0) is 13.6. The fourth-order valence-corrected chi connectivity index (χ4v) is 4.05. The number of sulfone groups is 1. The van der Waals surface area contributed by atoms with E-state index in [-0.39, 0.29) is 23.6 Å². The lowest BCUT2D eigenvalue weighted by molar-refractivity contribution is 0.0717. The lowest BCUT2D eigenvalue weighted by Crippen LogP contribution is -2.55. The van der Waals surface area contributed by atoms with E-state index >= 15 is 0 Å². The van der Waals surface area contributed by atoms with Gasteiger partial charge in [0.2, 0.25) is 0 Å². The summed E-state index contributed by atoms with van der Waals surface area (Å²) in [7, 11) is -1.15. The van der Waals surface area contributed by atoms with Crippen molar-refractivity contribution in [3.05, 3.63) is 0 Å². The summed E-state index contributed by atoms with van der Waals surface area (Å²) < 4.78 is 28.4. The Labute approximate surface area is 111 Å². The molecule has 0 spiro atoms. The van der Waals surface area contributed by atoms with Crippen molar-refractivity contribution in [2.24, 2.45) is 0 Å². The summed E-state index contributed by atoms with van der Waals surface area (Å²) in [5, 5.41) is 3.39. The molecule has 1 N–H and O–H groups in total. The fourth-order valence-electron chi connectivity index (χ4n) is 2.46. The molecule has 6 heteroatoms. The Morgan fingerprint density at radius 2 is 2.22 bits per heavy atom. The molecule has 1 aliphatic heterocycles. The minimum absolute atomic E-state index is 0.0762. The molecule has 0 aromatic rings. The predicted octanol–water partition coefficient (Wildman–Crippen LogP) is 0.120.